The average molecular weight is 382 g/mol. The molecule has 0 saturated carbocycles. The minimum atomic E-state index is -0.771. The first-order valence-electron chi connectivity index (χ1n) is 9.10. The van der Waals surface area contributed by atoms with E-state index in [0.29, 0.717) is 12.2 Å². The lowest BCUT2D eigenvalue weighted by atomic mass is 10.1. The molecular weight excluding hydrogens is 359 g/mol. The van der Waals surface area contributed by atoms with Crippen LogP contribution in [0.3, 0.4) is 0 Å². The third-order valence-corrected chi connectivity index (χ3v) is 4.37. The number of rotatable bonds is 8. The molecule has 0 radical (unpaired) electrons. The van der Waals surface area contributed by atoms with Gasteiger partial charge in [-0.1, -0.05) is 19.4 Å². The standard InChI is InChI=1S/C20H23FN6O/c1-2-4-14(11-22)26-20-16(21)10-15(18(23)28)19(27-20)25-13-6-7-17-12(9-13)5-3-8-24-17/h3,5-10,14H,2,4,11,22H2,1H3,(H2,23,28)(H2,25,26,27). The van der Waals surface area contributed by atoms with Crippen molar-refractivity contribution in [1.29, 1.82) is 0 Å². The second-order valence-electron chi connectivity index (χ2n) is 6.48. The number of hydrogen-bond donors (Lipinski definition) is 4. The van der Waals surface area contributed by atoms with Crippen molar-refractivity contribution < 1.29 is 9.18 Å². The van der Waals surface area contributed by atoms with E-state index in [1.54, 1.807) is 12.3 Å². The Kier molecular flexibility index (Phi) is 6.00. The zero-order valence-corrected chi connectivity index (χ0v) is 15.6. The third-order valence-electron chi connectivity index (χ3n) is 4.37. The van der Waals surface area contributed by atoms with Crippen LogP contribution in [0.2, 0.25) is 0 Å². The van der Waals surface area contributed by atoms with E-state index in [4.69, 9.17) is 11.5 Å². The number of nitrogens with zero attached hydrogens (tertiary/aromatic N) is 2. The number of carbonyl (C=O) groups is 1. The van der Waals surface area contributed by atoms with Gasteiger partial charge in [0.15, 0.2) is 11.6 Å². The number of benzene rings is 1. The van der Waals surface area contributed by atoms with Crippen LogP contribution >= 0.6 is 0 Å². The number of primary amides is 1. The topological polar surface area (TPSA) is 119 Å². The highest BCUT2D eigenvalue weighted by molar-refractivity contribution is 5.99. The molecule has 0 spiro atoms. The Bertz CT molecular complexity index is 994. The molecule has 0 aliphatic rings. The molecule has 3 aromatic rings. The van der Waals surface area contributed by atoms with Crippen LogP contribution in [-0.2, 0) is 0 Å². The van der Waals surface area contributed by atoms with Crippen LogP contribution in [0.4, 0.5) is 21.7 Å². The Morgan fingerprint density at radius 3 is 2.79 bits per heavy atom. The van der Waals surface area contributed by atoms with E-state index in [1.807, 2.05) is 31.2 Å². The number of nitrogens with one attached hydrogen (secondary N) is 2. The van der Waals surface area contributed by atoms with Crippen LogP contribution in [0.1, 0.15) is 30.1 Å². The minimum absolute atomic E-state index is 0.0267. The molecule has 146 valence electrons. The molecule has 7 nitrogen and oxygen atoms in total. The molecule has 28 heavy (non-hydrogen) atoms. The number of hydrogen-bond acceptors (Lipinski definition) is 6. The van der Waals surface area contributed by atoms with E-state index in [2.05, 4.69) is 20.6 Å². The number of fused-ring (bicyclic) bond motifs is 1. The van der Waals surface area contributed by atoms with Crippen molar-refractivity contribution in [1.82, 2.24) is 9.97 Å². The maximum atomic E-state index is 14.5. The molecule has 0 saturated heterocycles. The summed E-state index contributed by atoms with van der Waals surface area (Å²) in [4.78, 5) is 20.3. The van der Waals surface area contributed by atoms with Crippen LogP contribution in [0.15, 0.2) is 42.6 Å². The van der Waals surface area contributed by atoms with Gasteiger partial charge in [-0.05, 0) is 36.8 Å². The lowest BCUT2D eigenvalue weighted by molar-refractivity contribution is 0.100. The number of anilines is 3. The molecule has 0 aliphatic carbocycles. The van der Waals surface area contributed by atoms with Crippen molar-refractivity contribution in [2.45, 2.75) is 25.8 Å². The van der Waals surface area contributed by atoms with Gasteiger partial charge in [-0.3, -0.25) is 9.78 Å². The predicted octanol–water partition coefficient (Wildman–Crippen LogP) is 3.15. The van der Waals surface area contributed by atoms with Crippen LogP contribution < -0.4 is 22.1 Å². The van der Waals surface area contributed by atoms with E-state index < -0.39 is 11.7 Å². The third kappa shape index (κ3) is 4.34. The average Bonchev–Trinajstić information content (AvgIpc) is 2.69. The molecule has 2 heterocycles. The molecule has 8 heteroatoms. The Hall–Kier alpha value is -3.26. The van der Waals surface area contributed by atoms with Gasteiger partial charge in [0.25, 0.3) is 5.91 Å². The molecule has 6 N–H and O–H groups in total. The smallest absolute Gasteiger partial charge is 0.252 e. The minimum Gasteiger partial charge on any atom is -0.365 e. The van der Waals surface area contributed by atoms with Gasteiger partial charge >= 0.3 is 0 Å². The normalized spacial score (nSPS) is 12.0. The van der Waals surface area contributed by atoms with E-state index in [9.17, 15) is 9.18 Å². The quantitative estimate of drug-likeness (QED) is 0.475. The largest absolute Gasteiger partial charge is 0.365 e. The second kappa shape index (κ2) is 8.62. The number of pyridine rings is 2. The molecule has 0 bridgehead atoms. The van der Waals surface area contributed by atoms with E-state index in [1.165, 1.54) is 0 Å². The van der Waals surface area contributed by atoms with Gasteiger partial charge in [-0.25, -0.2) is 9.37 Å². The number of aromatic nitrogens is 2. The zero-order chi connectivity index (χ0) is 20.1. The Morgan fingerprint density at radius 1 is 1.25 bits per heavy atom. The molecule has 1 atom stereocenters. The molecule has 1 amide bonds. The summed E-state index contributed by atoms with van der Waals surface area (Å²) in [6.07, 6.45) is 3.38. The fraction of sp³-hybridized carbons (Fsp3) is 0.250. The summed E-state index contributed by atoms with van der Waals surface area (Å²) in [7, 11) is 0. The van der Waals surface area contributed by atoms with Gasteiger partial charge < -0.3 is 22.1 Å². The first-order valence-corrected chi connectivity index (χ1v) is 9.10. The van der Waals surface area contributed by atoms with Gasteiger partial charge in [-0.15, -0.1) is 0 Å². The summed E-state index contributed by atoms with van der Waals surface area (Å²) in [6, 6.07) is 10.2. The van der Waals surface area contributed by atoms with E-state index in [-0.39, 0.29) is 23.2 Å². The summed E-state index contributed by atoms with van der Waals surface area (Å²) in [5, 5.41) is 6.98. The van der Waals surface area contributed by atoms with Crippen molar-refractivity contribution in [2.24, 2.45) is 11.5 Å². The van der Waals surface area contributed by atoms with Gasteiger partial charge in [0.1, 0.15) is 5.82 Å². The zero-order valence-electron chi connectivity index (χ0n) is 15.6. The number of amides is 1. The summed E-state index contributed by atoms with van der Waals surface area (Å²) in [5.74, 6) is -1.23. The Labute approximate surface area is 162 Å². The van der Waals surface area contributed by atoms with Gasteiger partial charge in [0.05, 0.1) is 11.1 Å². The van der Waals surface area contributed by atoms with Crippen LogP contribution in [0.25, 0.3) is 10.9 Å². The maximum absolute atomic E-state index is 14.5. The summed E-state index contributed by atoms with van der Waals surface area (Å²) in [5.41, 5.74) is 12.6. The van der Waals surface area contributed by atoms with Crippen molar-refractivity contribution in [3.63, 3.8) is 0 Å². The fourth-order valence-electron chi connectivity index (χ4n) is 2.95. The summed E-state index contributed by atoms with van der Waals surface area (Å²) < 4.78 is 14.5. The van der Waals surface area contributed by atoms with Gasteiger partial charge in [-0.2, -0.15) is 0 Å². The molecular formula is C20H23FN6O. The molecule has 1 unspecified atom stereocenters. The number of carbonyl (C=O) groups excluding carboxylic acids is 1. The van der Waals surface area contributed by atoms with E-state index >= 15 is 0 Å². The lowest BCUT2D eigenvalue weighted by Crippen LogP contribution is -2.29. The SMILES string of the molecule is CCCC(CN)Nc1nc(Nc2ccc3ncccc3c2)c(C(N)=O)cc1F. The Balaban J connectivity index is 1.96. The van der Waals surface area contributed by atoms with Crippen LogP contribution in [0, 0.1) is 5.82 Å². The molecule has 3 rings (SSSR count). The number of halogens is 1. The summed E-state index contributed by atoms with van der Waals surface area (Å²) in [6.45, 7) is 2.36. The molecule has 0 aliphatic heterocycles. The number of nitrogens with two attached hydrogens (primary N) is 2. The van der Waals surface area contributed by atoms with Crippen LogP contribution in [0.5, 0.6) is 0 Å². The fourth-order valence-corrected chi connectivity index (χ4v) is 2.95. The maximum Gasteiger partial charge on any atom is 0.252 e. The first-order chi connectivity index (χ1) is 13.5. The Morgan fingerprint density at radius 2 is 2.07 bits per heavy atom. The molecule has 0 fully saturated rings. The van der Waals surface area contributed by atoms with E-state index in [0.717, 1.165) is 29.8 Å². The highest BCUT2D eigenvalue weighted by Crippen LogP contribution is 2.26. The van der Waals surface area contributed by atoms with Crippen LogP contribution in [-0.4, -0.2) is 28.5 Å². The van der Waals surface area contributed by atoms with Gasteiger partial charge in [0.2, 0.25) is 0 Å². The summed E-state index contributed by atoms with van der Waals surface area (Å²) >= 11 is 0. The first kappa shape index (κ1) is 19.5. The highest BCUT2D eigenvalue weighted by Gasteiger charge is 2.18. The monoisotopic (exact) mass is 382 g/mol. The van der Waals surface area contributed by atoms with Gasteiger partial charge in [0, 0.05) is 29.9 Å². The molecule has 1 aromatic carbocycles. The van der Waals surface area contributed by atoms with Crippen molar-refractivity contribution >= 4 is 34.1 Å². The second-order valence-corrected chi connectivity index (χ2v) is 6.48. The van der Waals surface area contributed by atoms with Crippen molar-refractivity contribution in [3.05, 3.63) is 54.0 Å². The van der Waals surface area contributed by atoms with Crippen molar-refractivity contribution in [2.75, 3.05) is 17.2 Å². The van der Waals surface area contributed by atoms with Crippen molar-refractivity contribution in [3.8, 4) is 0 Å². The predicted molar refractivity (Wildman–Crippen MR) is 109 cm³/mol. The molecule has 2 aromatic heterocycles. The lowest BCUT2D eigenvalue weighted by Gasteiger charge is -2.19. The highest BCUT2D eigenvalue weighted by atomic mass is 19.1.